The molecule has 2 aromatic rings. The first-order chi connectivity index (χ1) is 19.2. The number of hydrogen-bond acceptors (Lipinski definition) is 8. The first-order valence-corrected chi connectivity index (χ1v) is 13.9. The Labute approximate surface area is 237 Å². The summed E-state index contributed by atoms with van der Waals surface area (Å²) in [6.07, 6.45) is 1.57. The minimum atomic E-state index is -0.545. The molecule has 2 aromatic carbocycles. The van der Waals surface area contributed by atoms with Crippen LogP contribution in [0.3, 0.4) is 0 Å². The molecule has 0 aliphatic carbocycles. The number of hydrogen-bond donors (Lipinski definition) is 1. The summed E-state index contributed by atoms with van der Waals surface area (Å²) in [6, 6.07) is 8.97. The van der Waals surface area contributed by atoms with E-state index in [1.54, 1.807) is 29.2 Å². The summed E-state index contributed by atoms with van der Waals surface area (Å²) in [7, 11) is 0. The molecule has 2 heterocycles. The number of aryl methyl sites for hydroxylation is 3. The van der Waals surface area contributed by atoms with Crippen LogP contribution < -0.4 is 14.8 Å². The van der Waals surface area contributed by atoms with Gasteiger partial charge in [-0.3, -0.25) is 24.1 Å². The summed E-state index contributed by atoms with van der Waals surface area (Å²) in [5.41, 5.74) is 4.18. The number of carbonyl (C=O) groups is 4. The van der Waals surface area contributed by atoms with Crippen molar-refractivity contribution in [2.45, 2.75) is 27.7 Å². The average Bonchev–Trinajstić information content (AvgIpc) is 3.18. The third kappa shape index (κ3) is 7.02. The van der Waals surface area contributed by atoms with Crippen LogP contribution in [0.1, 0.15) is 29.2 Å². The maximum absolute atomic E-state index is 13.0. The summed E-state index contributed by atoms with van der Waals surface area (Å²) in [6.45, 7) is 9.51. The van der Waals surface area contributed by atoms with Crippen LogP contribution >= 0.6 is 11.8 Å². The molecule has 1 N–H and O–H groups in total. The van der Waals surface area contributed by atoms with Crippen molar-refractivity contribution in [2.75, 3.05) is 51.4 Å². The van der Waals surface area contributed by atoms with E-state index < -0.39 is 17.1 Å². The van der Waals surface area contributed by atoms with Crippen molar-refractivity contribution < 1.29 is 33.4 Å². The molecule has 2 fully saturated rings. The zero-order chi connectivity index (χ0) is 28.8. The molecule has 40 heavy (non-hydrogen) atoms. The van der Waals surface area contributed by atoms with Crippen LogP contribution in [0.25, 0.3) is 6.08 Å². The average molecular weight is 568 g/mol. The van der Waals surface area contributed by atoms with Gasteiger partial charge in [-0.25, -0.2) is 0 Å². The van der Waals surface area contributed by atoms with Crippen LogP contribution in [0.2, 0.25) is 0 Å². The number of nitrogens with one attached hydrogen (secondary N) is 1. The molecule has 0 atom stereocenters. The molecule has 0 bridgehead atoms. The Kier molecular flexibility index (Phi) is 9.49. The molecule has 4 rings (SSSR count). The molecular formula is C29H33N3O7S. The van der Waals surface area contributed by atoms with Gasteiger partial charge in [-0.15, -0.1) is 0 Å². The lowest BCUT2D eigenvalue weighted by Crippen LogP contribution is -2.43. The van der Waals surface area contributed by atoms with Gasteiger partial charge in [-0.1, -0.05) is 23.8 Å². The summed E-state index contributed by atoms with van der Waals surface area (Å²) >= 11 is 0.773. The highest BCUT2D eigenvalue weighted by molar-refractivity contribution is 8.18. The molecular weight excluding hydrogens is 534 g/mol. The fourth-order valence-electron chi connectivity index (χ4n) is 4.53. The highest BCUT2D eigenvalue weighted by Gasteiger charge is 2.36. The largest absolute Gasteiger partial charge is 0.490 e. The van der Waals surface area contributed by atoms with Crippen LogP contribution in [-0.2, 0) is 19.1 Å². The number of thioether (sulfide) groups is 1. The molecule has 2 aliphatic rings. The Morgan fingerprint density at radius 1 is 1.02 bits per heavy atom. The van der Waals surface area contributed by atoms with Crippen LogP contribution in [0.5, 0.6) is 11.5 Å². The topological polar surface area (TPSA) is 114 Å². The molecule has 4 amide bonds. The Bertz CT molecular complexity index is 1330. The summed E-state index contributed by atoms with van der Waals surface area (Å²) in [5, 5.41) is 2.31. The molecule has 0 unspecified atom stereocenters. The van der Waals surface area contributed by atoms with Gasteiger partial charge in [0.25, 0.3) is 17.1 Å². The van der Waals surface area contributed by atoms with E-state index in [0.29, 0.717) is 55.7 Å². The number of rotatable bonds is 9. The van der Waals surface area contributed by atoms with Crippen molar-refractivity contribution in [3.63, 3.8) is 0 Å². The zero-order valence-electron chi connectivity index (χ0n) is 23.1. The fraction of sp³-hybridized carbons (Fsp3) is 0.379. The molecule has 2 aliphatic heterocycles. The maximum Gasteiger partial charge on any atom is 0.294 e. The van der Waals surface area contributed by atoms with Crippen molar-refractivity contribution in [3.8, 4) is 11.5 Å². The van der Waals surface area contributed by atoms with Gasteiger partial charge in [0.15, 0.2) is 18.1 Å². The first-order valence-electron chi connectivity index (χ1n) is 13.0. The van der Waals surface area contributed by atoms with Crippen LogP contribution in [-0.4, -0.2) is 78.8 Å². The highest BCUT2D eigenvalue weighted by Crippen LogP contribution is 2.35. The SMILES string of the molecule is CCOc1cc(/C=C2\SC(=O)N(CC(=O)Nc3c(C)cc(C)cc3C)C2=O)ccc1OCC(=O)N1CCOCC1. The minimum absolute atomic E-state index is 0.137. The van der Waals surface area contributed by atoms with E-state index >= 15 is 0 Å². The fourth-order valence-corrected chi connectivity index (χ4v) is 5.37. The van der Waals surface area contributed by atoms with E-state index in [1.807, 2.05) is 39.8 Å². The van der Waals surface area contributed by atoms with Crippen molar-refractivity contribution in [1.29, 1.82) is 0 Å². The van der Waals surface area contributed by atoms with E-state index in [0.717, 1.165) is 33.4 Å². The molecule has 10 nitrogen and oxygen atoms in total. The third-order valence-corrected chi connectivity index (χ3v) is 7.30. The molecule has 0 radical (unpaired) electrons. The van der Waals surface area contributed by atoms with Gasteiger partial charge in [0.2, 0.25) is 5.91 Å². The van der Waals surface area contributed by atoms with Gasteiger partial charge in [-0.2, -0.15) is 0 Å². The zero-order valence-corrected chi connectivity index (χ0v) is 23.9. The number of amides is 4. The van der Waals surface area contributed by atoms with Gasteiger partial charge < -0.3 is 24.4 Å². The van der Waals surface area contributed by atoms with E-state index in [-0.39, 0.29) is 24.0 Å². The maximum atomic E-state index is 13.0. The first kappa shape index (κ1) is 29.2. The van der Waals surface area contributed by atoms with Crippen LogP contribution in [0.15, 0.2) is 35.2 Å². The van der Waals surface area contributed by atoms with Gasteiger partial charge in [0.1, 0.15) is 6.54 Å². The minimum Gasteiger partial charge on any atom is -0.490 e. The Balaban J connectivity index is 1.42. The lowest BCUT2D eigenvalue weighted by molar-refractivity contribution is -0.137. The number of morpholine rings is 1. The number of anilines is 1. The monoisotopic (exact) mass is 567 g/mol. The van der Waals surface area contributed by atoms with E-state index in [4.69, 9.17) is 14.2 Å². The lowest BCUT2D eigenvalue weighted by atomic mass is 10.1. The van der Waals surface area contributed by atoms with Gasteiger partial charge in [-0.05, 0) is 74.4 Å². The van der Waals surface area contributed by atoms with Gasteiger partial charge >= 0.3 is 0 Å². The number of carbonyl (C=O) groups excluding carboxylic acids is 4. The Hall–Kier alpha value is -3.83. The predicted octanol–water partition coefficient (Wildman–Crippen LogP) is 3.92. The molecule has 11 heteroatoms. The van der Waals surface area contributed by atoms with Crippen LogP contribution in [0, 0.1) is 20.8 Å². The van der Waals surface area contributed by atoms with Gasteiger partial charge in [0, 0.05) is 18.8 Å². The van der Waals surface area contributed by atoms with E-state index in [1.165, 1.54) is 0 Å². The molecule has 0 spiro atoms. The van der Waals surface area contributed by atoms with Crippen molar-refractivity contribution in [1.82, 2.24) is 9.80 Å². The Morgan fingerprint density at radius 3 is 2.40 bits per heavy atom. The summed E-state index contributed by atoms with van der Waals surface area (Å²) in [4.78, 5) is 53.6. The molecule has 212 valence electrons. The second kappa shape index (κ2) is 13.0. The summed E-state index contributed by atoms with van der Waals surface area (Å²) in [5.74, 6) is -0.331. The highest BCUT2D eigenvalue weighted by atomic mass is 32.2. The molecule has 2 saturated heterocycles. The Morgan fingerprint density at radius 2 is 1.73 bits per heavy atom. The van der Waals surface area contributed by atoms with E-state index in [2.05, 4.69) is 5.32 Å². The smallest absolute Gasteiger partial charge is 0.294 e. The van der Waals surface area contributed by atoms with Crippen molar-refractivity contribution in [3.05, 3.63) is 57.5 Å². The van der Waals surface area contributed by atoms with Gasteiger partial charge in [0.05, 0.1) is 24.7 Å². The predicted molar refractivity (Wildman–Crippen MR) is 152 cm³/mol. The van der Waals surface area contributed by atoms with Crippen LogP contribution in [0.4, 0.5) is 10.5 Å². The standard InChI is InChI=1S/C29H33N3O7S/c1-5-38-23-14-21(6-7-22(23)39-17-26(34)31-8-10-37-11-9-31)15-24-28(35)32(29(36)40-24)16-25(33)30-27-19(3)12-18(2)13-20(27)4/h6-7,12-15H,5,8-11,16-17H2,1-4H3,(H,30,33)/b24-15-. The number of ether oxygens (including phenoxy) is 3. The van der Waals surface area contributed by atoms with Crippen molar-refractivity contribution >= 4 is 46.5 Å². The molecule has 0 saturated carbocycles. The lowest BCUT2D eigenvalue weighted by Gasteiger charge is -2.26. The van der Waals surface area contributed by atoms with E-state index in [9.17, 15) is 19.2 Å². The number of benzene rings is 2. The summed E-state index contributed by atoms with van der Waals surface area (Å²) < 4.78 is 16.7. The number of imide groups is 1. The quantitative estimate of drug-likeness (QED) is 0.454. The number of nitrogens with zero attached hydrogens (tertiary/aromatic N) is 2. The third-order valence-electron chi connectivity index (χ3n) is 6.40. The molecule has 0 aromatic heterocycles. The second-order valence-electron chi connectivity index (χ2n) is 9.51. The van der Waals surface area contributed by atoms with Crippen molar-refractivity contribution in [2.24, 2.45) is 0 Å². The second-order valence-corrected chi connectivity index (χ2v) is 10.5. The normalized spacial score (nSPS) is 16.4.